The number of esters is 1. The van der Waals surface area contributed by atoms with E-state index in [1.54, 1.807) is 0 Å². The minimum atomic E-state index is -0.667. The fraction of sp³-hybridized carbons (Fsp3) is 0.214. The Morgan fingerprint density at radius 2 is 2.21 bits per heavy atom. The molecule has 0 spiro atoms. The summed E-state index contributed by atoms with van der Waals surface area (Å²) in [5.74, 6) is -0.941. The van der Waals surface area contributed by atoms with Crippen molar-refractivity contribution in [3.05, 3.63) is 45.9 Å². The average molecular weight is 333 g/mol. The maximum absolute atomic E-state index is 12.1. The van der Waals surface area contributed by atoms with E-state index >= 15 is 0 Å². The molecule has 0 saturated carbocycles. The lowest BCUT2D eigenvalue weighted by Crippen LogP contribution is -2.38. The van der Waals surface area contributed by atoms with Gasteiger partial charge in [0.1, 0.15) is 5.76 Å². The maximum atomic E-state index is 12.1. The summed E-state index contributed by atoms with van der Waals surface area (Å²) in [4.78, 5) is 38.7. The van der Waals surface area contributed by atoms with Crippen LogP contribution < -0.4 is 9.64 Å². The molecule has 0 aliphatic carbocycles. The first kappa shape index (κ1) is 15.5. The van der Waals surface area contributed by atoms with E-state index < -0.39 is 22.6 Å². The number of pyridine rings is 1. The first-order chi connectivity index (χ1) is 11.5. The van der Waals surface area contributed by atoms with Crippen LogP contribution in [0.25, 0.3) is 0 Å². The van der Waals surface area contributed by atoms with Crippen LogP contribution in [0.15, 0.2) is 28.7 Å². The summed E-state index contributed by atoms with van der Waals surface area (Å²) in [6.07, 6.45) is 0. The van der Waals surface area contributed by atoms with Crippen LogP contribution >= 0.6 is 0 Å². The molecule has 0 fully saturated rings. The highest BCUT2D eigenvalue weighted by Gasteiger charge is 2.33. The van der Waals surface area contributed by atoms with Gasteiger partial charge in [-0.3, -0.25) is 9.69 Å². The Kier molecular flexibility index (Phi) is 3.86. The predicted molar refractivity (Wildman–Crippen MR) is 77.6 cm³/mol. The third-order valence-corrected chi connectivity index (χ3v) is 3.28. The normalized spacial score (nSPS) is 13.2. The molecule has 0 N–H and O–H groups in total. The highest BCUT2D eigenvalue weighted by Crippen LogP contribution is 2.33. The molecule has 0 bridgehead atoms. The Labute approximate surface area is 134 Å². The number of hydrogen-bond donors (Lipinski definition) is 0. The van der Waals surface area contributed by atoms with E-state index in [1.165, 1.54) is 36.3 Å². The minimum Gasteiger partial charge on any atom is -0.477 e. The van der Waals surface area contributed by atoms with Gasteiger partial charge in [0.2, 0.25) is 5.76 Å². The van der Waals surface area contributed by atoms with Crippen molar-refractivity contribution in [1.29, 1.82) is 0 Å². The van der Waals surface area contributed by atoms with Crippen LogP contribution in [0.5, 0.6) is 5.75 Å². The van der Waals surface area contributed by atoms with Gasteiger partial charge in [-0.25, -0.2) is 4.79 Å². The predicted octanol–water partition coefficient (Wildman–Crippen LogP) is 1.29. The molecule has 3 heterocycles. The second-order valence-corrected chi connectivity index (χ2v) is 4.77. The van der Waals surface area contributed by atoms with Crippen molar-refractivity contribution in [3.63, 3.8) is 0 Å². The zero-order valence-electron chi connectivity index (χ0n) is 12.4. The van der Waals surface area contributed by atoms with E-state index in [-0.39, 0.29) is 30.5 Å². The molecule has 1 amide bonds. The molecule has 0 aromatic carbocycles. The first-order valence-electron chi connectivity index (χ1n) is 6.75. The van der Waals surface area contributed by atoms with Crippen molar-refractivity contribution in [3.8, 4) is 5.75 Å². The van der Waals surface area contributed by atoms with Crippen LogP contribution in [0.2, 0.25) is 0 Å². The Morgan fingerprint density at radius 1 is 1.42 bits per heavy atom. The molecule has 10 heteroatoms. The Balaban J connectivity index is 1.92. The van der Waals surface area contributed by atoms with Gasteiger partial charge in [0.25, 0.3) is 11.7 Å². The number of methoxy groups -OCH3 is 1. The summed E-state index contributed by atoms with van der Waals surface area (Å²) in [7, 11) is 1.22. The largest absolute Gasteiger partial charge is 0.477 e. The molecule has 0 radical (unpaired) electrons. The quantitative estimate of drug-likeness (QED) is 0.465. The summed E-state index contributed by atoms with van der Waals surface area (Å²) < 4.78 is 15.1. The summed E-state index contributed by atoms with van der Waals surface area (Å²) in [6, 6.07) is 5.48. The van der Waals surface area contributed by atoms with Crippen LogP contribution in [0.3, 0.4) is 0 Å². The van der Waals surface area contributed by atoms with Gasteiger partial charge in [-0.1, -0.05) is 0 Å². The number of fused-ring (bicyclic) bond motifs is 1. The fourth-order valence-electron chi connectivity index (χ4n) is 2.16. The molecule has 1 aliphatic heterocycles. The molecule has 3 rings (SSSR count). The van der Waals surface area contributed by atoms with Crippen molar-refractivity contribution in [2.24, 2.45) is 0 Å². The smallest absolute Gasteiger partial charge is 0.373 e. The van der Waals surface area contributed by atoms with Crippen LogP contribution in [0.1, 0.15) is 16.3 Å². The lowest BCUT2D eigenvalue weighted by molar-refractivity contribution is -0.389. The van der Waals surface area contributed by atoms with Crippen LogP contribution in [-0.2, 0) is 16.1 Å². The number of rotatable bonds is 4. The van der Waals surface area contributed by atoms with Gasteiger partial charge in [-0.2, -0.15) is 0 Å². The summed E-state index contributed by atoms with van der Waals surface area (Å²) in [5.41, 5.74) is 0. The molecule has 0 atom stereocenters. The second kappa shape index (κ2) is 5.99. The number of carbonyl (C=O) groups is 2. The molecular weight excluding hydrogens is 322 g/mol. The van der Waals surface area contributed by atoms with Gasteiger partial charge in [0.15, 0.2) is 12.4 Å². The molecule has 0 unspecified atom stereocenters. The van der Waals surface area contributed by atoms with Gasteiger partial charge in [0.05, 0.1) is 13.7 Å². The van der Waals surface area contributed by atoms with Crippen molar-refractivity contribution >= 4 is 23.5 Å². The second-order valence-electron chi connectivity index (χ2n) is 4.77. The van der Waals surface area contributed by atoms with Crippen molar-refractivity contribution in [2.75, 3.05) is 18.6 Å². The monoisotopic (exact) mass is 333 g/mol. The maximum Gasteiger partial charge on any atom is 0.373 e. The Hall–Kier alpha value is -3.43. The standard InChI is InChI=1S/C14H11N3O7/c1-22-14(19)10-3-2-8(24-10)6-16-12(18)7-23-9-4-5-11(17(20)21)15-13(9)16/h2-5H,6-7H2,1H3. The molecule has 2 aromatic rings. The molecule has 124 valence electrons. The van der Waals surface area contributed by atoms with E-state index in [9.17, 15) is 19.7 Å². The van der Waals surface area contributed by atoms with E-state index in [0.717, 1.165) is 0 Å². The topological polar surface area (TPSA) is 125 Å². The number of ether oxygens (including phenoxy) is 2. The molecule has 0 saturated heterocycles. The zero-order chi connectivity index (χ0) is 17.3. The molecule has 2 aromatic heterocycles. The van der Waals surface area contributed by atoms with Crippen molar-refractivity contribution in [2.45, 2.75) is 6.54 Å². The Morgan fingerprint density at radius 3 is 2.92 bits per heavy atom. The average Bonchev–Trinajstić information content (AvgIpc) is 3.05. The van der Waals surface area contributed by atoms with E-state index in [0.29, 0.717) is 5.76 Å². The Bertz CT molecular complexity index is 830. The highest BCUT2D eigenvalue weighted by molar-refractivity contribution is 5.96. The zero-order valence-corrected chi connectivity index (χ0v) is 12.4. The van der Waals surface area contributed by atoms with Crippen molar-refractivity contribution < 1.29 is 28.4 Å². The van der Waals surface area contributed by atoms with Gasteiger partial charge in [-0.15, -0.1) is 0 Å². The van der Waals surface area contributed by atoms with Gasteiger partial charge in [-0.05, 0) is 28.1 Å². The molecule has 10 nitrogen and oxygen atoms in total. The molecular formula is C14H11N3O7. The number of nitrogens with zero attached hydrogens (tertiary/aromatic N) is 3. The lowest BCUT2D eigenvalue weighted by atomic mass is 10.3. The number of anilines is 1. The van der Waals surface area contributed by atoms with E-state index in [1.807, 2.05) is 0 Å². The summed E-state index contributed by atoms with van der Waals surface area (Å²) in [6.45, 7) is -0.280. The van der Waals surface area contributed by atoms with Gasteiger partial charge < -0.3 is 24.0 Å². The summed E-state index contributed by atoms with van der Waals surface area (Å²) >= 11 is 0. The van der Waals surface area contributed by atoms with E-state index in [2.05, 4.69) is 9.72 Å². The van der Waals surface area contributed by atoms with Crippen molar-refractivity contribution in [1.82, 2.24) is 4.98 Å². The first-order valence-corrected chi connectivity index (χ1v) is 6.75. The minimum absolute atomic E-state index is 0.0135. The third kappa shape index (κ3) is 2.76. The number of amides is 1. The van der Waals surface area contributed by atoms with Gasteiger partial charge in [0, 0.05) is 6.07 Å². The van der Waals surface area contributed by atoms with Crippen LogP contribution in [0, 0.1) is 10.1 Å². The third-order valence-electron chi connectivity index (χ3n) is 3.28. The van der Waals surface area contributed by atoms with Crippen LogP contribution in [-0.4, -0.2) is 35.5 Å². The number of furan rings is 1. The summed E-state index contributed by atoms with van der Waals surface area (Å²) in [5, 5.41) is 10.9. The molecule has 1 aliphatic rings. The fourth-order valence-corrected chi connectivity index (χ4v) is 2.16. The lowest BCUT2D eigenvalue weighted by Gasteiger charge is -2.24. The SMILES string of the molecule is COC(=O)c1ccc(CN2C(=O)COc3ccc([N+](=O)[O-])nc32)o1. The number of hydrogen-bond acceptors (Lipinski definition) is 8. The number of nitro groups is 1. The highest BCUT2D eigenvalue weighted by atomic mass is 16.6. The molecule has 24 heavy (non-hydrogen) atoms. The van der Waals surface area contributed by atoms with Crippen LogP contribution in [0.4, 0.5) is 11.6 Å². The van der Waals surface area contributed by atoms with Gasteiger partial charge >= 0.3 is 11.8 Å². The number of aromatic nitrogens is 1. The number of carbonyl (C=O) groups excluding carboxylic acids is 2. The van der Waals surface area contributed by atoms with E-state index in [4.69, 9.17) is 9.15 Å².